The highest BCUT2D eigenvalue weighted by Crippen LogP contribution is 2.17. The number of aromatic nitrogens is 4. The van der Waals surface area contributed by atoms with E-state index < -0.39 is 5.91 Å². The summed E-state index contributed by atoms with van der Waals surface area (Å²) < 4.78 is 4.20. The maximum absolute atomic E-state index is 12.1. The van der Waals surface area contributed by atoms with Gasteiger partial charge in [0.15, 0.2) is 5.69 Å². The molecule has 0 bridgehead atoms. The Balaban J connectivity index is 2.18. The maximum Gasteiger partial charge on any atom is 0.293 e. The summed E-state index contributed by atoms with van der Waals surface area (Å²) in [6.07, 6.45) is 3.30. The van der Waals surface area contributed by atoms with Crippen LogP contribution in [0.2, 0.25) is 5.02 Å². The lowest BCUT2D eigenvalue weighted by Gasteiger charge is -2.05. The SMILES string of the molecule is CCn1cc(Cl)c(C(=O)NN=C(C)c2c(Br)cnn2CC)n1. The highest BCUT2D eigenvalue weighted by atomic mass is 79.9. The van der Waals surface area contributed by atoms with Crippen molar-refractivity contribution in [1.29, 1.82) is 0 Å². The van der Waals surface area contributed by atoms with Gasteiger partial charge >= 0.3 is 0 Å². The van der Waals surface area contributed by atoms with Gasteiger partial charge in [-0.15, -0.1) is 0 Å². The number of nitrogens with zero attached hydrogens (tertiary/aromatic N) is 5. The van der Waals surface area contributed by atoms with Crippen LogP contribution in [0.4, 0.5) is 0 Å². The summed E-state index contributed by atoms with van der Waals surface area (Å²) in [7, 11) is 0. The van der Waals surface area contributed by atoms with Crippen LogP contribution in [-0.4, -0.2) is 31.2 Å². The Morgan fingerprint density at radius 1 is 1.45 bits per heavy atom. The van der Waals surface area contributed by atoms with Crippen molar-refractivity contribution in [1.82, 2.24) is 25.0 Å². The molecule has 0 unspecified atom stereocenters. The number of amides is 1. The summed E-state index contributed by atoms with van der Waals surface area (Å²) in [5.74, 6) is -0.449. The molecule has 0 aliphatic heterocycles. The molecule has 0 saturated heterocycles. The van der Waals surface area contributed by atoms with E-state index in [0.29, 0.717) is 23.8 Å². The molecule has 0 atom stereocenters. The Kier molecular flexibility index (Phi) is 5.36. The lowest BCUT2D eigenvalue weighted by atomic mass is 10.3. The summed E-state index contributed by atoms with van der Waals surface area (Å²) >= 11 is 9.41. The molecule has 0 fully saturated rings. The van der Waals surface area contributed by atoms with Crippen molar-refractivity contribution in [2.75, 3.05) is 0 Å². The van der Waals surface area contributed by atoms with Gasteiger partial charge in [-0.2, -0.15) is 15.3 Å². The molecule has 1 N–H and O–H groups in total. The van der Waals surface area contributed by atoms with E-state index in [0.717, 1.165) is 10.2 Å². The summed E-state index contributed by atoms with van der Waals surface area (Å²) in [5, 5.41) is 12.7. The predicted molar refractivity (Wildman–Crippen MR) is 88.2 cm³/mol. The van der Waals surface area contributed by atoms with Crippen molar-refractivity contribution in [2.45, 2.75) is 33.9 Å². The zero-order valence-electron chi connectivity index (χ0n) is 12.5. The van der Waals surface area contributed by atoms with Gasteiger partial charge in [-0.25, -0.2) is 5.43 Å². The van der Waals surface area contributed by atoms with E-state index in [1.165, 1.54) is 0 Å². The molecular formula is C13H16BrClN6O. The zero-order chi connectivity index (χ0) is 16.3. The fourth-order valence-corrected chi connectivity index (χ4v) is 2.73. The number of nitrogens with one attached hydrogen (secondary N) is 1. The highest BCUT2D eigenvalue weighted by molar-refractivity contribution is 9.10. The average Bonchev–Trinajstić information content (AvgIpc) is 3.07. The molecule has 0 radical (unpaired) electrons. The second kappa shape index (κ2) is 7.06. The Morgan fingerprint density at radius 2 is 2.18 bits per heavy atom. The van der Waals surface area contributed by atoms with E-state index >= 15 is 0 Å². The number of rotatable bonds is 5. The third-order valence-corrected chi connectivity index (χ3v) is 3.88. The second-order valence-electron chi connectivity index (χ2n) is 4.48. The fourth-order valence-electron chi connectivity index (χ4n) is 1.92. The Bertz CT molecular complexity index is 720. The van der Waals surface area contributed by atoms with Crippen LogP contribution in [0.25, 0.3) is 0 Å². The molecule has 0 aromatic carbocycles. The molecule has 9 heteroatoms. The van der Waals surface area contributed by atoms with Gasteiger partial charge in [-0.1, -0.05) is 11.6 Å². The van der Waals surface area contributed by atoms with Gasteiger partial charge in [0.1, 0.15) is 0 Å². The van der Waals surface area contributed by atoms with E-state index in [1.807, 2.05) is 13.8 Å². The van der Waals surface area contributed by atoms with Gasteiger partial charge in [0.05, 0.1) is 27.1 Å². The molecule has 0 spiro atoms. The van der Waals surface area contributed by atoms with Crippen LogP contribution in [0, 0.1) is 0 Å². The number of halogens is 2. The quantitative estimate of drug-likeness (QED) is 0.633. The van der Waals surface area contributed by atoms with E-state index in [1.54, 1.807) is 28.7 Å². The van der Waals surface area contributed by atoms with Crippen LogP contribution in [0.5, 0.6) is 0 Å². The van der Waals surface area contributed by atoms with Gasteiger partial charge < -0.3 is 0 Å². The van der Waals surface area contributed by atoms with E-state index in [-0.39, 0.29) is 5.69 Å². The van der Waals surface area contributed by atoms with Crippen LogP contribution in [0.3, 0.4) is 0 Å². The number of aryl methyl sites for hydroxylation is 2. The normalized spacial score (nSPS) is 11.8. The van der Waals surface area contributed by atoms with Gasteiger partial charge in [-0.05, 0) is 36.7 Å². The minimum Gasteiger partial charge on any atom is -0.271 e. The molecule has 7 nitrogen and oxygen atoms in total. The van der Waals surface area contributed by atoms with E-state index in [4.69, 9.17) is 11.6 Å². The molecule has 2 heterocycles. The smallest absolute Gasteiger partial charge is 0.271 e. The molecule has 1 amide bonds. The molecule has 0 saturated carbocycles. The van der Waals surface area contributed by atoms with Crippen molar-refractivity contribution in [2.24, 2.45) is 5.10 Å². The standard InChI is InChI=1S/C13H16BrClN6O/c1-4-20-7-10(15)11(19-20)13(22)18-17-8(3)12-9(14)6-16-21(12)5-2/h6-7H,4-5H2,1-3H3,(H,18,22). The van der Waals surface area contributed by atoms with Crippen molar-refractivity contribution in [3.63, 3.8) is 0 Å². The zero-order valence-corrected chi connectivity index (χ0v) is 14.8. The molecule has 2 aromatic rings. The third-order valence-electron chi connectivity index (χ3n) is 3.02. The predicted octanol–water partition coefficient (Wildman–Crippen LogP) is 2.69. The van der Waals surface area contributed by atoms with Crippen molar-refractivity contribution in [3.8, 4) is 0 Å². The molecule has 0 aliphatic rings. The Hall–Kier alpha value is -1.67. The van der Waals surface area contributed by atoms with Gasteiger partial charge in [0.2, 0.25) is 0 Å². The first-order valence-corrected chi connectivity index (χ1v) is 7.94. The summed E-state index contributed by atoms with van der Waals surface area (Å²) in [5.41, 5.74) is 4.07. The van der Waals surface area contributed by atoms with Crippen molar-refractivity contribution >= 4 is 39.1 Å². The molecule has 2 aromatic heterocycles. The lowest BCUT2D eigenvalue weighted by Crippen LogP contribution is -2.21. The van der Waals surface area contributed by atoms with Crippen LogP contribution in [0.1, 0.15) is 37.0 Å². The average molecular weight is 388 g/mol. The summed E-state index contributed by atoms with van der Waals surface area (Å²) in [6.45, 7) is 7.02. The van der Waals surface area contributed by atoms with Crippen LogP contribution in [-0.2, 0) is 13.1 Å². The van der Waals surface area contributed by atoms with Crippen LogP contribution >= 0.6 is 27.5 Å². The molecule has 2 rings (SSSR count). The van der Waals surface area contributed by atoms with Crippen LogP contribution < -0.4 is 5.43 Å². The number of carbonyl (C=O) groups is 1. The number of carbonyl (C=O) groups excluding carboxylic acids is 1. The van der Waals surface area contributed by atoms with Crippen molar-refractivity contribution in [3.05, 3.63) is 33.3 Å². The van der Waals surface area contributed by atoms with Crippen LogP contribution in [0.15, 0.2) is 22.0 Å². The Morgan fingerprint density at radius 3 is 2.77 bits per heavy atom. The monoisotopic (exact) mass is 386 g/mol. The molecule has 22 heavy (non-hydrogen) atoms. The molecular weight excluding hydrogens is 372 g/mol. The molecule has 118 valence electrons. The topological polar surface area (TPSA) is 77.1 Å². The molecule has 0 aliphatic carbocycles. The minimum absolute atomic E-state index is 0.156. The minimum atomic E-state index is -0.449. The third kappa shape index (κ3) is 3.38. The number of hydrogen-bond acceptors (Lipinski definition) is 4. The lowest BCUT2D eigenvalue weighted by molar-refractivity contribution is 0.0949. The second-order valence-corrected chi connectivity index (χ2v) is 5.74. The first-order chi connectivity index (χ1) is 10.5. The number of hydrogen-bond donors (Lipinski definition) is 1. The fraction of sp³-hybridized carbons (Fsp3) is 0.385. The maximum atomic E-state index is 12.1. The van der Waals surface area contributed by atoms with Gasteiger partial charge in [-0.3, -0.25) is 14.2 Å². The first kappa shape index (κ1) is 16.7. The first-order valence-electron chi connectivity index (χ1n) is 6.77. The van der Waals surface area contributed by atoms with Gasteiger partial charge in [0.25, 0.3) is 5.91 Å². The highest BCUT2D eigenvalue weighted by Gasteiger charge is 2.16. The van der Waals surface area contributed by atoms with Crippen molar-refractivity contribution < 1.29 is 4.79 Å². The summed E-state index contributed by atoms with van der Waals surface area (Å²) in [4.78, 5) is 12.1. The largest absolute Gasteiger partial charge is 0.293 e. The summed E-state index contributed by atoms with van der Waals surface area (Å²) in [6, 6.07) is 0. The van der Waals surface area contributed by atoms with E-state index in [2.05, 4.69) is 36.7 Å². The van der Waals surface area contributed by atoms with Gasteiger partial charge in [0, 0.05) is 19.3 Å². The number of hydrazone groups is 1. The Labute approximate surface area is 141 Å². The van der Waals surface area contributed by atoms with E-state index in [9.17, 15) is 4.79 Å².